The first kappa shape index (κ1) is 26.3. The van der Waals surface area contributed by atoms with Crippen LogP contribution in [-0.4, -0.2) is 73.2 Å². The lowest BCUT2D eigenvalue weighted by molar-refractivity contribution is -0.316. The van der Waals surface area contributed by atoms with Gasteiger partial charge < -0.3 is 34.2 Å². The molecule has 0 aromatic heterocycles. The van der Waals surface area contributed by atoms with E-state index in [2.05, 4.69) is 0 Å². The van der Waals surface area contributed by atoms with E-state index >= 15 is 0 Å². The van der Waals surface area contributed by atoms with Gasteiger partial charge in [-0.2, -0.15) is 0 Å². The highest BCUT2D eigenvalue weighted by Crippen LogP contribution is 2.31. The van der Waals surface area contributed by atoms with Gasteiger partial charge in [-0.15, -0.1) is 0 Å². The SMILES string of the molecule is CC(=O)OC[C@H]1O[C@@H](O[C@H](C(N)=O)C(C)C)[C@H](OC(C)=O)[C@@H](OC(C)=O)[C@@H]1OC(C)=O. The fourth-order valence-corrected chi connectivity index (χ4v) is 3.00. The molecule has 12 heteroatoms. The van der Waals surface area contributed by atoms with Crippen molar-refractivity contribution in [2.45, 2.75) is 78.4 Å². The normalized spacial score (nSPS) is 26.5. The summed E-state index contributed by atoms with van der Waals surface area (Å²) in [4.78, 5) is 58.2. The van der Waals surface area contributed by atoms with Crippen LogP contribution in [0.5, 0.6) is 0 Å². The van der Waals surface area contributed by atoms with E-state index in [0.29, 0.717) is 0 Å². The summed E-state index contributed by atoms with van der Waals surface area (Å²) in [6, 6.07) is 0. The molecule has 31 heavy (non-hydrogen) atoms. The zero-order valence-corrected chi connectivity index (χ0v) is 18.3. The van der Waals surface area contributed by atoms with E-state index in [1.807, 2.05) is 0 Å². The maximum Gasteiger partial charge on any atom is 0.303 e. The monoisotopic (exact) mass is 447 g/mol. The first-order valence-electron chi connectivity index (χ1n) is 9.58. The highest BCUT2D eigenvalue weighted by atomic mass is 16.7. The molecule has 1 fully saturated rings. The maximum absolute atomic E-state index is 11.8. The zero-order valence-electron chi connectivity index (χ0n) is 18.3. The van der Waals surface area contributed by atoms with Crippen LogP contribution in [0.25, 0.3) is 0 Å². The molecule has 12 nitrogen and oxygen atoms in total. The van der Waals surface area contributed by atoms with Gasteiger partial charge in [0.1, 0.15) is 18.8 Å². The highest BCUT2D eigenvalue weighted by Gasteiger charge is 2.53. The number of hydrogen-bond donors (Lipinski definition) is 1. The number of carbonyl (C=O) groups excluding carboxylic acids is 5. The summed E-state index contributed by atoms with van der Waals surface area (Å²) in [7, 11) is 0. The van der Waals surface area contributed by atoms with Crippen LogP contribution in [0.3, 0.4) is 0 Å². The first-order valence-corrected chi connectivity index (χ1v) is 9.58. The van der Waals surface area contributed by atoms with Crippen molar-refractivity contribution in [2.24, 2.45) is 11.7 Å². The molecule has 0 radical (unpaired) electrons. The number of primary amides is 1. The summed E-state index contributed by atoms with van der Waals surface area (Å²) < 4.78 is 32.2. The molecule has 2 N–H and O–H groups in total. The average molecular weight is 447 g/mol. The van der Waals surface area contributed by atoms with Gasteiger partial charge in [0, 0.05) is 27.7 Å². The molecular weight excluding hydrogens is 418 g/mol. The molecule has 0 aromatic rings. The van der Waals surface area contributed by atoms with E-state index < -0.39 is 73.2 Å². The Morgan fingerprint density at radius 1 is 0.806 bits per heavy atom. The average Bonchev–Trinajstić information content (AvgIpc) is 2.60. The highest BCUT2D eigenvalue weighted by molar-refractivity contribution is 5.79. The largest absolute Gasteiger partial charge is 0.463 e. The van der Waals surface area contributed by atoms with Gasteiger partial charge in [-0.1, -0.05) is 13.8 Å². The number of amides is 1. The van der Waals surface area contributed by atoms with E-state index in [0.717, 1.165) is 27.7 Å². The lowest BCUT2D eigenvalue weighted by Crippen LogP contribution is -2.63. The van der Waals surface area contributed by atoms with Gasteiger partial charge in [0.2, 0.25) is 5.91 Å². The van der Waals surface area contributed by atoms with Crippen molar-refractivity contribution in [1.82, 2.24) is 0 Å². The summed E-state index contributed by atoms with van der Waals surface area (Å²) in [5.74, 6) is -4.14. The summed E-state index contributed by atoms with van der Waals surface area (Å²) >= 11 is 0. The molecular formula is C19H29NO11. The van der Waals surface area contributed by atoms with Crippen molar-refractivity contribution < 1.29 is 52.4 Å². The van der Waals surface area contributed by atoms with Gasteiger partial charge >= 0.3 is 23.9 Å². The van der Waals surface area contributed by atoms with Gasteiger partial charge in [0.15, 0.2) is 24.6 Å². The van der Waals surface area contributed by atoms with Crippen LogP contribution in [0.4, 0.5) is 0 Å². The van der Waals surface area contributed by atoms with E-state index in [1.54, 1.807) is 13.8 Å². The molecule has 0 bridgehead atoms. The third-order valence-corrected chi connectivity index (χ3v) is 4.11. The Labute approximate surface area is 179 Å². The van der Waals surface area contributed by atoms with Gasteiger partial charge in [-0.3, -0.25) is 24.0 Å². The Balaban J connectivity index is 3.41. The number of rotatable bonds is 9. The second kappa shape index (κ2) is 11.6. The Kier molecular flexibility index (Phi) is 9.85. The van der Waals surface area contributed by atoms with Crippen LogP contribution < -0.4 is 5.73 Å². The van der Waals surface area contributed by atoms with Gasteiger partial charge in [-0.05, 0) is 5.92 Å². The molecule has 1 aliphatic heterocycles. The van der Waals surface area contributed by atoms with E-state index in [1.165, 1.54) is 0 Å². The Morgan fingerprint density at radius 3 is 1.71 bits per heavy atom. The molecule has 0 spiro atoms. The van der Waals surface area contributed by atoms with Crippen LogP contribution in [0.15, 0.2) is 0 Å². The predicted octanol–water partition coefficient (Wildman–Crippen LogP) is -0.404. The summed E-state index contributed by atoms with van der Waals surface area (Å²) in [5, 5.41) is 0. The van der Waals surface area contributed by atoms with Gasteiger partial charge in [-0.25, -0.2) is 0 Å². The zero-order chi connectivity index (χ0) is 23.9. The number of ether oxygens (including phenoxy) is 6. The van der Waals surface area contributed by atoms with Crippen LogP contribution in [0.2, 0.25) is 0 Å². The molecule has 1 heterocycles. The standard InChI is InChI=1S/C19H29NO11/c1-8(2)14(18(20)25)31-19-17(29-12(6)24)16(28-11(5)23)15(27-10(4)22)13(30-19)7-26-9(3)21/h8,13-17,19H,7H2,1-6H3,(H2,20,25)/t13-,14+,15-,16+,17-,19+/m1/s1. The lowest BCUT2D eigenvalue weighted by Gasteiger charge is -2.44. The smallest absolute Gasteiger partial charge is 0.303 e. The van der Waals surface area contributed by atoms with Crippen molar-refractivity contribution in [2.75, 3.05) is 6.61 Å². The molecule has 1 saturated heterocycles. The fraction of sp³-hybridized carbons (Fsp3) is 0.737. The summed E-state index contributed by atoms with van der Waals surface area (Å²) in [5.41, 5.74) is 5.39. The van der Waals surface area contributed by atoms with Crippen molar-refractivity contribution in [3.63, 3.8) is 0 Å². The van der Waals surface area contributed by atoms with E-state index in [9.17, 15) is 24.0 Å². The molecule has 0 saturated carbocycles. The van der Waals surface area contributed by atoms with Crippen molar-refractivity contribution >= 4 is 29.8 Å². The molecule has 0 unspecified atom stereocenters. The van der Waals surface area contributed by atoms with E-state index in [-0.39, 0.29) is 5.92 Å². The first-order chi connectivity index (χ1) is 14.3. The Morgan fingerprint density at radius 2 is 1.29 bits per heavy atom. The minimum atomic E-state index is -1.46. The lowest BCUT2D eigenvalue weighted by atomic mass is 9.97. The molecule has 1 rings (SSSR count). The Hall–Kier alpha value is -2.73. The van der Waals surface area contributed by atoms with Crippen molar-refractivity contribution in [3.8, 4) is 0 Å². The maximum atomic E-state index is 11.8. The number of carbonyl (C=O) groups is 5. The van der Waals surface area contributed by atoms with Crippen LogP contribution >= 0.6 is 0 Å². The number of nitrogens with two attached hydrogens (primary N) is 1. The third kappa shape index (κ3) is 8.13. The Bertz CT molecular complexity index is 692. The summed E-state index contributed by atoms with van der Waals surface area (Å²) in [6.45, 7) is 7.40. The second-order valence-corrected chi connectivity index (χ2v) is 7.27. The fourth-order valence-electron chi connectivity index (χ4n) is 3.00. The van der Waals surface area contributed by atoms with Gasteiger partial charge in [0.25, 0.3) is 0 Å². The van der Waals surface area contributed by atoms with Crippen molar-refractivity contribution in [1.29, 1.82) is 0 Å². The molecule has 0 aliphatic carbocycles. The minimum absolute atomic E-state index is 0.385. The number of esters is 4. The predicted molar refractivity (Wildman–Crippen MR) is 101 cm³/mol. The number of hydrogen-bond acceptors (Lipinski definition) is 11. The topological polar surface area (TPSA) is 167 Å². The quantitative estimate of drug-likeness (QED) is 0.360. The van der Waals surface area contributed by atoms with E-state index in [4.69, 9.17) is 34.2 Å². The second-order valence-electron chi connectivity index (χ2n) is 7.27. The van der Waals surface area contributed by atoms with Crippen LogP contribution in [0.1, 0.15) is 41.5 Å². The molecule has 6 atom stereocenters. The molecule has 0 aromatic carbocycles. The van der Waals surface area contributed by atoms with Crippen molar-refractivity contribution in [3.05, 3.63) is 0 Å². The van der Waals surface area contributed by atoms with Crippen LogP contribution in [-0.2, 0) is 52.4 Å². The molecule has 1 amide bonds. The molecule has 1 aliphatic rings. The van der Waals surface area contributed by atoms with Gasteiger partial charge in [0.05, 0.1) is 0 Å². The third-order valence-electron chi connectivity index (χ3n) is 4.11. The summed E-state index contributed by atoms with van der Waals surface area (Å²) in [6.07, 6.45) is -7.89. The van der Waals surface area contributed by atoms with Crippen LogP contribution in [0, 0.1) is 5.92 Å². The molecule has 176 valence electrons. The minimum Gasteiger partial charge on any atom is -0.463 e.